The van der Waals surface area contributed by atoms with Crippen LogP contribution in [-0.4, -0.2) is 8.76 Å². The van der Waals surface area contributed by atoms with Crippen LogP contribution in [0.15, 0.2) is 30.3 Å². The molecule has 5 heteroatoms. The van der Waals surface area contributed by atoms with Gasteiger partial charge in [-0.3, -0.25) is 4.21 Å². The molecule has 0 fully saturated rings. The van der Waals surface area contributed by atoms with Crippen LogP contribution in [0.1, 0.15) is 0 Å². The van der Waals surface area contributed by atoms with Crippen molar-refractivity contribution >= 4 is 17.0 Å². The third-order valence-corrected chi connectivity index (χ3v) is 1.70. The largest absolute Gasteiger partial charge is 0.754 e. The third kappa shape index (κ3) is 2.01. The molecule has 0 saturated carbocycles. The van der Waals surface area contributed by atoms with Crippen molar-refractivity contribution in [2.24, 2.45) is 5.84 Å². The van der Waals surface area contributed by atoms with Gasteiger partial charge < -0.3 is 4.55 Å². The van der Waals surface area contributed by atoms with E-state index in [2.05, 4.69) is 0 Å². The second-order valence-corrected chi connectivity index (χ2v) is 2.71. The molecule has 0 aliphatic rings. The first-order valence-electron chi connectivity index (χ1n) is 2.91. The number of anilines is 1. The van der Waals surface area contributed by atoms with Crippen LogP contribution in [0.5, 0.6) is 0 Å². The summed E-state index contributed by atoms with van der Waals surface area (Å²) in [6.45, 7) is 0. The van der Waals surface area contributed by atoms with Crippen molar-refractivity contribution in [1.29, 1.82) is 0 Å². The van der Waals surface area contributed by atoms with Crippen molar-refractivity contribution in [3.8, 4) is 0 Å². The Morgan fingerprint density at radius 1 is 1.36 bits per heavy atom. The lowest BCUT2D eigenvalue weighted by molar-refractivity contribution is 0.533. The van der Waals surface area contributed by atoms with Crippen LogP contribution in [0.4, 0.5) is 5.69 Å². The molecular weight excluding hydrogens is 164 g/mol. The maximum Gasteiger partial charge on any atom is 0.0659 e. The predicted molar refractivity (Wildman–Crippen MR) is 42.0 cm³/mol. The van der Waals surface area contributed by atoms with E-state index < -0.39 is 11.3 Å². The minimum absolute atomic E-state index is 0.445. The second-order valence-electron chi connectivity index (χ2n) is 1.88. The quantitative estimate of drug-likeness (QED) is 0.391. The summed E-state index contributed by atoms with van der Waals surface area (Å²) in [6.07, 6.45) is 0. The van der Waals surface area contributed by atoms with Gasteiger partial charge in [-0.2, -0.15) is 0 Å². The van der Waals surface area contributed by atoms with Crippen LogP contribution in [0.2, 0.25) is 0 Å². The van der Waals surface area contributed by atoms with Gasteiger partial charge in [-0.25, -0.2) is 10.3 Å². The van der Waals surface area contributed by atoms with E-state index in [4.69, 9.17) is 5.84 Å². The van der Waals surface area contributed by atoms with Crippen molar-refractivity contribution in [3.05, 3.63) is 30.3 Å². The summed E-state index contributed by atoms with van der Waals surface area (Å²) in [4.78, 5) is 0. The fourth-order valence-electron chi connectivity index (χ4n) is 0.661. The Hall–Kier alpha value is -0.910. The lowest BCUT2D eigenvalue weighted by Gasteiger charge is -2.19. The number of rotatable bonds is 2. The van der Waals surface area contributed by atoms with Crippen LogP contribution >= 0.6 is 0 Å². The van der Waals surface area contributed by atoms with E-state index in [1.54, 1.807) is 30.3 Å². The SMILES string of the molecule is NN(c1ccccc1)S(=O)[O-]. The van der Waals surface area contributed by atoms with Crippen LogP contribution in [-0.2, 0) is 11.3 Å². The van der Waals surface area contributed by atoms with Gasteiger partial charge in [-0.15, -0.1) is 0 Å². The molecule has 1 rings (SSSR count). The minimum atomic E-state index is -2.40. The number of hydrogen-bond acceptors (Lipinski definition) is 3. The molecular formula is C6H7N2O2S-. The fourth-order valence-corrected chi connectivity index (χ4v) is 0.955. The molecule has 0 bridgehead atoms. The molecule has 1 aromatic rings. The number of hydrogen-bond donors (Lipinski definition) is 1. The topological polar surface area (TPSA) is 69.4 Å². The summed E-state index contributed by atoms with van der Waals surface area (Å²) < 4.78 is 21.3. The van der Waals surface area contributed by atoms with Gasteiger partial charge in [0, 0.05) is 0 Å². The standard InChI is InChI=1S/C6H8N2O2S/c7-8(11(9)10)6-4-2-1-3-5-6/h1-5H,7H2,(H,9,10)/p-1. The molecule has 0 aromatic heterocycles. The number of benzene rings is 1. The van der Waals surface area contributed by atoms with E-state index in [0.717, 1.165) is 0 Å². The zero-order valence-electron chi connectivity index (χ0n) is 5.64. The maximum absolute atomic E-state index is 10.3. The molecule has 0 spiro atoms. The summed E-state index contributed by atoms with van der Waals surface area (Å²) >= 11 is -2.40. The fraction of sp³-hybridized carbons (Fsp3) is 0. The Balaban J connectivity index is 2.85. The number of nitrogens with zero attached hydrogens (tertiary/aromatic N) is 1. The molecule has 0 saturated heterocycles. The highest BCUT2D eigenvalue weighted by molar-refractivity contribution is 7.80. The van der Waals surface area contributed by atoms with Crippen molar-refractivity contribution in [1.82, 2.24) is 0 Å². The Morgan fingerprint density at radius 3 is 2.36 bits per heavy atom. The van der Waals surface area contributed by atoms with E-state index in [1.807, 2.05) is 0 Å². The van der Waals surface area contributed by atoms with Crippen LogP contribution in [0.25, 0.3) is 0 Å². The van der Waals surface area contributed by atoms with Gasteiger partial charge >= 0.3 is 0 Å². The lowest BCUT2D eigenvalue weighted by atomic mass is 10.3. The molecule has 0 aliphatic carbocycles. The zero-order chi connectivity index (χ0) is 8.27. The molecule has 0 aliphatic heterocycles. The van der Waals surface area contributed by atoms with E-state index >= 15 is 0 Å². The molecule has 11 heavy (non-hydrogen) atoms. The maximum atomic E-state index is 10.3. The van der Waals surface area contributed by atoms with E-state index in [1.165, 1.54) is 0 Å². The van der Waals surface area contributed by atoms with Crippen molar-refractivity contribution < 1.29 is 8.76 Å². The molecule has 0 amide bonds. The lowest BCUT2D eigenvalue weighted by Crippen LogP contribution is -2.32. The number of nitrogens with two attached hydrogens (primary N) is 1. The second kappa shape index (κ2) is 3.47. The molecule has 2 N–H and O–H groups in total. The zero-order valence-corrected chi connectivity index (χ0v) is 6.45. The summed E-state index contributed by atoms with van der Waals surface area (Å²) in [7, 11) is 0. The first kappa shape index (κ1) is 8.19. The Labute approximate surface area is 67.0 Å². The summed E-state index contributed by atoms with van der Waals surface area (Å²) in [5.74, 6) is 5.16. The molecule has 1 aromatic carbocycles. The monoisotopic (exact) mass is 171 g/mol. The Bertz CT molecular complexity index is 252. The highest BCUT2D eigenvalue weighted by Crippen LogP contribution is 2.09. The van der Waals surface area contributed by atoms with Gasteiger partial charge in [0.2, 0.25) is 0 Å². The van der Waals surface area contributed by atoms with Gasteiger partial charge in [0.15, 0.2) is 0 Å². The number of hydrazine groups is 1. The highest BCUT2D eigenvalue weighted by Gasteiger charge is 1.97. The van der Waals surface area contributed by atoms with Crippen molar-refractivity contribution in [2.45, 2.75) is 0 Å². The smallest absolute Gasteiger partial charge is 0.0659 e. The van der Waals surface area contributed by atoms with Gasteiger partial charge in [0.05, 0.1) is 17.0 Å². The molecule has 0 heterocycles. The molecule has 60 valence electrons. The van der Waals surface area contributed by atoms with E-state index in [0.29, 0.717) is 10.1 Å². The van der Waals surface area contributed by atoms with Crippen molar-refractivity contribution in [3.63, 3.8) is 0 Å². The van der Waals surface area contributed by atoms with Gasteiger partial charge in [-0.05, 0) is 12.1 Å². The normalized spacial score (nSPS) is 12.5. The Morgan fingerprint density at radius 2 is 1.91 bits per heavy atom. The summed E-state index contributed by atoms with van der Waals surface area (Å²) in [5.41, 5.74) is 0.445. The molecule has 1 unspecified atom stereocenters. The minimum Gasteiger partial charge on any atom is -0.754 e. The van der Waals surface area contributed by atoms with E-state index in [-0.39, 0.29) is 0 Å². The third-order valence-electron chi connectivity index (χ3n) is 1.17. The molecule has 4 nitrogen and oxygen atoms in total. The van der Waals surface area contributed by atoms with Gasteiger partial charge in [0.1, 0.15) is 0 Å². The van der Waals surface area contributed by atoms with Gasteiger partial charge in [0.25, 0.3) is 0 Å². The summed E-state index contributed by atoms with van der Waals surface area (Å²) in [5, 5.41) is 0. The first-order valence-corrected chi connectivity index (χ1v) is 3.94. The highest BCUT2D eigenvalue weighted by atomic mass is 32.2. The average Bonchev–Trinajstić information content (AvgIpc) is 2.05. The first-order chi connectivity index (χ1) is 5.22. The van der Waals surface area contributed by atoms with Gasteiger partial charge in [-0.1, -0.05) is 18.2 Å². The van der Waals surface area contributed by atoms with E-state index in [9.17, 15) is 8.76 Å². The van der Waals surface area contributed by atoms with Crippen LogP contribution < -0.4 is 10.3 Å². The Kier molecular flexibility index (Phi) is 2.58. The van der Waals surface area contributed by atoms with Crippen LogP contribution in [0, 0.1) is 0 Å². The van der Waals surface area contributed by atoms with Crippen LogP contribution in [0.3, 0.4) is 0 Å². The average molecular weight is 171 g/mol. The molecule has 1 atom stereocenters. The summed E-state index contributed by atoms with van der Waals surface area (Å²) in [6, 6.07) is 8.42. The predicted octanol–water partition coefficient (Wildman–Crippen LogP) is 0.161. The number of para-hydroxylation sites is 1. The molecule has 0 radical (unpaired) electrons. The van der Waals surface area contributed by atoms with Crippen molar-refractivity contribution in [2.75, 3.05) is 4.41 Å².